The van der Waals surface area contributed by atoms with Crippen molar-refractivity contribution in [1.29, 1.82) is 0 Å². The van der Waals surface area contributed by atoms with Gasteiger partial charge in [0.25, 0.3) is 5.91 Å². The van der Waals surface area contributed by atoms with E-state index in [4.69, 9.17) is 0 Å². The van der Waals surface area contributed by atoms with Crippen LogP contribution in [0.1, 0.15) is 34.0 Å². The van der Waals surface area contributed by atoms with Crippen LogP contribution in [0.25, 0.3) is 0 Å². The zero-order valence-corrected chi connectivity index (χ0v) is 15.5. The average molecular weight is 357 g/mol. The molecule has 3 aromatic rings. The Bertz CT molecular complexity index is 933. The second-order valence-corrected chi connectivity index (χ2v) is 6.85. The van der Waals surface area contributed by atoms with Gasteiger partial charge in [-0.1, -0.05) is 43.3 Å². The molecule has 1 N–H and O–H groups in total. The van der Waals surface area contributed by atoms with Crippen molar-refractivity contribution in [1.82, 2.24) is 9.88 Å². The van der Waals surface area contributed by atoms with E-state index in [1.54, 1.807) is 6.20 Å². The Labute approximate surface area is 159 Å². The fraction of sp³-hybridized carbons (Fsp3) is 0.217. The first-order valence-corrected chi connectivity index (χ1v) is 9.41. The molecule has 1 amide bonds. The first-order valence-electron chi connectivity index (χ1n) is 9.41. The van der Waals surface area contributed by atoms with Crippen LogP contribution in [0.15, 0.2) is 66.9 Å². The Morgan fingerprint density at radius 1 is 1.04 bits per heavy atom. The molecule has 1 aromatic heterocycles. The van der Waals surface area contributed by atoms with E-state index in [0.29, 0.717) is 12.1 Å². The summed E-state index contributed by atoms with van der Waals surface area (Å²) in [6, 6.07) is 20.3. The number of amides is 1. The number of hydrogen-bond acceptors (Lipinski definition) is 3. The van der Waals surface area contributed by atoms with Crippen molar-refractivity contribution in [2.75, 3.05) is 11.9 Å². The molecule has 0 unspecified atom stereocenters. The number of anilines is 2. The molecule has 0 atom stereocenters. The smallest absolute Gasteiger partial charge is 0.255 e. The van der Waals surface area contributed by atoms with Gasteiger partial charge in [-0.15, -0.1) is 0 Å². The highest BCUT2D eigenvalue weighted by Crippen LogP contribution is 2.21. The number of aryl methyl sites for hydroxylation is 1. The summed E-state index contributed by atoms with van der Waals surface area (Å²) < 4.78 is 0. The molecular formula is C23H23N3O. The summed E-state index contributed by atoms with van der Waals surface area (Å²) in [5, 5.41) is 3.28. The molecule has 4 nitrogen and oxygen atoms in total. The molecule has 136 valence electrons. The van der Waals surface area contributed by atoms with Crippen LogP contribution in [0.3, 0.4) is 0 Å². The molecule has 1 aliphatic heterocycles. The van der Waals surface area contributed by atoms with Crippen molar-refractivity contribution in [3.05, 3.63) is 89.1 Å². The maximum atomic E-state index is 12.8. The third-order valence-electron chi connectivity index (χ3n) is 5.06. The largest absolute Gasteiger partial charge is 0.340 e. The lowest BCUT2D eigenvalue weighted by Crippen LogP contribution is -2.35. The Hall–Kier alpha value is -3.14. The quantitative estimate of drug-likeness (QED) is 0.743. The van der Waals surface area contributed by atoms with Gasteiger partial charge < -0.3 is 10.2 Å². The van der Waals surface area contributed by atoms with E-state index >= 15 is 0 Å². The fourth-order valence-corrected chi connectivity index (χ4v) is 3.42. The third-order valence-corrected chi connectivity index (χ3v) is 5.06. The average Bonchev–Trinajstić information content (AvgIpc) is 2.74. The Morgan fingerprint density at radius 3 is 2.52 bits per heavy atom. The van der Waals surface area contributed by atoms with Gasteiger partial charge in [0.2, 0.25) is 0 Å². The molecule has 4 rings (SSSR count). The highest BCUT2D eigenvalue weighted by molar-refractivity contribution is 5.94. The number of hydrogen-bond donors (Lipinski definition) is 1. The standard InChI is InChI=1S/C23H23N3O/c1-2-17-7-10-21(11-8-17)25-22-12-9-19(15-24-22)23(27)26-14-13-18-5-3-4-6-20(18)16-26/h3-12,15H,2,13-14,16H2,1H3,(H,24,25). The van der Waals surface area contributed by atoms with E-state index < -0.39 is 0 Å². The monoisotopic (exact) mass is 357 g/mol. The van der Waals surface area contributed by atoms with Gasteiger partial charge in [-0.05, 0) is 53.8 Å². The zero-order chi connectivity index (χ0) is 18.6. The Morgan fingerprint density at radius 2 is 1.81 bits per heavy atom. The van der Waals surface area contributed by atoms with Gasteiger partial charge in [0.05, 0.1) is 5.56 Å². The van der Waals surface area contributed by atoms with Gasteiger partial charge in [0.15, 0.2) is 0 Å². The number of aromatic nitrogens is 1. The molecule has 27 heavy (non-hydrogen) atoms. The molecule has 0 aliphatic carbocycles. The van der Waals surface area contributed by atoms with Crippen LogP contribution in [0.5, 0.6) is 0 Å². The number of pyridine rings is 1. The minimum atomic E-state index is 0.0378. The highest BCUT2D eigenvalue weighted by Gasteiger charge is 2.21. The molecule has 0 saturated heterocycles. The van der Waals surface area contributed by atoms with Crippen molar-refractivity contribution in [2.45, 2.75) is 26.3 Å². The molecule has 0 saturated carbocycles. The summed E-state index contributed by atoms with van der Waals surface area (Å²) in [5.41, 5.74) is 5.50. The zero-order valence-electron chi connectivity index (χ0n) is 15.5. The normalized spacial score (nSPS) is 13.1. The summed E-state index contributed by atoms with van der Waals surface area (Å²) in [6.07, 6.45) is 3.59. The van der Waals surface area contributed by atoms with Crippen LogP contribution in [-0.4, -0.2) is 22.3 Å². The topological polar surface area (TPSA) is 45.2 Å². The predicted molar refractivity (Wildman–Crippen MR) is 108 cm³/mol. The third kappa shape index (κ3) is 3.85. The van der Waals surface area contributed by atoms with Crippen LogP contribution in [-0.2, 0) is 19.4 Å². The Balaban J connectivity index is 1.43. The van der Waals surface area contributed by atoms with Crippen LogP contribution >= 0.6 is 0 Å². The van der Waals surface area contributed by atoms with Gasteiger partial charge in [-0.2, -0.15) is 0 Å². The van der Waals surface area contributed by atoms with Gasteiger partial charge in [-0.3, -0.25) is 4.79 Å². The lowest BCUT2D eigenvalue weighted by atomic mass is 9.99. The molecule has 0 fully saturated rings. The number of rotatable bonds is 4. The van der Waals surface area contributed by atoms with E-state index in [1.807, 2.05) is 35.2 Å². The fourth-order valence-electron chi connectivity index (χ4n) is 3.42. The van der Waals surface area contributed by atoms with Crippen LogP contribution in [0, 0.1) is 0 Å². The van der Waals surface area contributed by atoms with Crippen molar-refractivity contribution >= 4 is 17.4 Å². The lowest BCUT2D eigenvalue weighted by Gasteiger charge is -2.28. The van der Waals surface area contributed by atoms with Gasteiger partial charge in [0.1, 0.15) is 5.82 Å². The molecule has 2 aromatic carbocycles. The maximum absolute atomic E-state index is 12.8. The number of carbonyl (C=O) groups excluding carboxylic acids is 1. The van der Waals surface area contributed by atoms with Crippen LogP contribution in [0.4, 0.5) is 11.5 Å². The highest BCUT2D eigenvalue weighted by atomic mass is 16.2. The van der Waals surface area contributed by atoms with Crippen molar-refractivity contribution in [3.63, 3.8) is 0 Å². The van der Waals surface area contributed by atoms with E-state index in [2.05, 4.69) is 47.6 Å². The summed E-state index contributed by atoms with van der Waals surface area (Å²) in [7, 11) is 0. The van der Waals surface area contributed by atoms with E-state index in [0.717, 1.165) is 30.9 Å². The van der Waals surface area contributed by atoms with Gasteiger partial charge >= 0.3 is 0 Å². The van der Waals surface area contributed by atoms with Crippen LogP contribution < -0.4 is 5.32 Å². The number of carbonyl (C=O) groups is 1. The molecule has 0 spiro atoms. The predicted octanol–water partition coefficient (Wildman–Crippen LogP) is 4.59. The minimum absolute atomic E-state index is 0.0378. The number of nitrogens with one attached hydrogen (secondary N) is 1. The second-order valence-electron chi connectivity index (χ2n) is 6.85. The molecule has 0 bridgehead atoms. The molecule has 0 radical (unpaired) electrons. The molecular weight excluding hydrogens is 334 g/mol. The van der Waals surface area contributed by atoms with Crippen molar-refractivity contribution in [3.8, 4) is 0 Å². The summed E-state index contributed by atoms with van der Waals surface area (Å²) in [5.74, 6) is 0.774. The summed E-state index contributed by atoms with van der Waals surface area (Å²) >= 11 is 0. The number of fused-ring (bicyclic) bond motifs is 1. The van der Waals surface area contributed by atoms with E-state index in [9.17, 15) is 4.79 Å². The SMILES string of the molecule is CCc1ccc(Nc2ccc(C(=O)N3CCc4ccccc4C3)cn2)cc1. The first-order chi connectivity index (χ1) is 13.2. The molecule has 1 aliphatic rings. The van der Waals surface area contributed by atoms with Crippen LogP contribution in [0.2, 0.25) is 0 Å². The summed E-state index contributed by atoms with van der Waals surface area (Å²) in [4.78, 5) is 19.1. The van der Waals surface area contributed by atoms with E-state index in [-0.39, 0.29) is 5.91 Å². The molecule has 2 heterocycles. The number of nitrogens with zero attached hydrogens (tertiary/aromatic N) is 2. The second kappa shape index (κ2) is 7.62. The van der Waals surface area contributed by atoms with Crippen molar-refractivity contribution in [2.24, 2.45) is 0 Å². The minimum Gasteiger partial charge on any atom is -0.340 e. The van der Waals surface area contributed by atoms with Gasteiger partial charge in [0, 0.05) is 25.0 Å². The summed E-state index contributed by atoms with van der Waals surface area (Å²) in [6.45, 7) is 3.55. The van der Waals surface area contributed by atoms with Crippen molar-refractivity contribution < 1.29 is 4.79 Å². The molecule has 4 heteroatoms. The van der Waals surface area contributed by atoms with E-state index in [1.165, 1.54) is 16.7 Å². The number of benzene rings is 2. The van der Waals surface area contributed by atoms with Gasteiger partial charge in [-0.25, -0.2) is 4.98 Å². The first kappa shape index (κ1) is 17.3. The Kier molecular flexibility index (Phi) is 4.88. The lowest BCUT2D eigenvalue weighted by molar-refractivity contribution is 0.0734. The maximum Gasteiger partial charge on any atom is 0.255 e.